The summed E-state index contributed by atoms with van der Waals surface area (Å²) in [6.07, 6.45) is 5.23. The molecular formula is C13H19ClN4. The van der Waals surface area contributed by atoms with E-state index in [2.05, 4.69) is 16.8 Å². The molecule has 2 rings (SSSR count). The summed E-state index contributed by atoms with van der Waals surface area (Å²) in [5.41, 5.74) is 6.09. The summed E-state index contributed by atoms with van der Waals surface area (Å²) in [5.74, 6) is 1.51. The van der Waals surface area contributed by atoms with E-state index in [1.807, 2.05) is 0 Å². The van der Waals surface area contributed by atoms with Crippen molar-refractivity contribution in [2.75, 3.05) is 18.0 Å². The summed E-state index contributed by atoms with van der Waals surface area (Å²) in [6, 6.07) is 1.69. The minimum Gasteiger partial charge on any atom is -0.384 e. The van der Waals surface area contributed by atoms with Crippen LogP contribution < -0.4 is 10.6 Å². The summed E-state index contributed by atoms with van der Waals surface area (Å²) in [7, 11) is 0. The lowest BCUT2D eigenvalue weighted by Gasteiger charge is -2.23. The predicted octanol–water partition coefficient (Wildman–Crippen LogP) is 2.65. The number of amidine groups is 1. The van der Waals surface area contributed by atoms with Gasteiger partial charge in [-0.15, -0.1) is 0 Å². The van der Waals surface area contributed by atoms with Crippen molar-refractivity contribution in [2.24, 2.45) is 11.7 Å². The monoisotopic (exact) mass is 266 g/mol. The molecule has 18 heavy (non-hydrogen) atoms. The van der Waals surface area contributed by atoms with Gasteiger partial charge in [-0.1, -0.05) is 18.5 Å². The molecule has 0 bridgehead atoms. The highest BCUT2D eigenvalue weighted by Crippen LogP contribution is 2.29. The summed E-state index contributed by atoms with van der Waals surface area (Å²) < 4.78 is 0. The molecular weight excluding hydrogens is 248 g/mol. The van der Waals surface area contributed by atoms with E-state index in [1.54, 1.807) is 12.3 Å². The molecule has 1 fully saturated rings. The smallest absolute Gasteiger partial charge is 0.148 e. The molecule has 5 heteroatoms. The van der Waals surface area contributed by atoms with Gasteiger partial charge in [-0.05, 0) is 31.2 Å². The minimum absolute atomic E-state index is 0.00756. The van der Waals surface area contributed by atoms with E-state index in [9.17, 15) is 0 Å². The van der Waals surface area contributed by atoms with Gasteiger partial charge in [-0.2, -0.15) is 0 Å². The zero-order valence-electron chi connectivity index (χ0n) is 10.6. The van der Waals surface area contributed by atoms with Gasteiger partial charge in [-0.3, -0.25) is 5.41 Å². The Bertz CT molecular complexity index is 447. The van der Waals surface area contributed by atoms with Crippen LogP contribution in [0.5, 0.6) is 0 Å². The zero-order chi connectivity index (χ0) is 13.1. The second kappa shape index (κ2) is 5.57. The number of nitrogens with one attached hydrogen (secondary N) is 1. The quantitative estimate of drug-likeness (QED) is 0.639. The maximum Gasteiger partial charge on any atom is 0.148 e. The summed E-state index contributed by atoms with van der Waals surface area (Å²) in [6.45, 7) is 4.22. The SMILES string of the molecule is CC1CCCN(c2nccc(C(=N)N)c2Cl)CC1. The van der Waals surface area contributed by atoms with Gasteiger partial charge in [0, 0.05) is 24.8 Å². The Hall–Kier alpha value is -1.29. The Morgan fingerprint density at radius 3 is 3.00 bits per heavy atom. The van der Waals surface area contributed by atoms with Crippen molar-refractivity contribution in [3.63, 3.8) is 0 Å². The van der Waals surface area contributed by atoms with E-state index in [1.165, 1.54) is 6.42 Å². The van der Waals surface area contributed by atoms with Gasteiger partial charge in [0.15, 0.2) is 0 Å². The van der Waals surface area contributed by atoms with Crippen molar-refractivity contribution in [3.8, 4) is 0 Å². The maximum atomic E-state index is 7.51. The molecule has 2 heterocycles. The lowest BCUT2D eigenvalue weighted by Crippen LogP contribution is -2.26. The fourth-order valence-electron chi connectivity index (χ4n) is 2.34. The van der Waals surface area contributed by atoms with Gasteiger partial charge in [0.2, 0.25) is 0 Å². The fourth-order valence-corrected chi connectivity index (χ4v) is 2.67. The number of aromatic nitrogens is 1. The number of nitrogens with two attached hydrogens (primary N) is 1. The summed E-state index contributed by atoms with van der Waals surface area (Å²) in [4.78, 5) is 6.56. The lowest BCUT2D eigenvalue weighted by atomic mass is 10.0. The van der Waals surface area contributed by atoms with Crippen molar-refractivity contribution >= 4 is 23.3 Å². The molecule has 0 spiro atoms. The van der Waals surface area contributed by atoms with E-state index < -0.39 is 0 Å². The molecule has 0 aromatic carbocycles. The minimum atomic E-state index is -0.00756. The van der Waals surface area contributed by atoms with E-state index in [-0.39, 0.29) is 5.84 Å². The number of rotatable bonds is 2. The normalized spacial score (nSPS) is 20.6. The molecule has 0 radical (unpaired) electrons. The van der Waals surface area contributed by atoms with Crippen LogP contribution in [0.1, 0.15) is 31.7 Å². The molecule has 1 aliphatic rings. The van der Waals surface area contributed by atoms with Gasteiger partial charge >= 0.3 is 0 Å². The van der Waals surface area contributed by atoms with Crippen molar-refractivity contribution < 1.29 is 0 Å². The number of nitrogens with zero attached hydrogens (tertiary/aromatic N) is 2. The van der Waals surface area contributed by atoms with Crippen LogP contribution in [0.4, 0.5) is 5.82 Å². The predicted molar refractivity (Wildman–Crippen MR) is 75.5 cm³/mol. The van der Waals surface area contributed by atoms with Gasteiger partial charge in [-0.25, -0.2) is 4.98 Å². The van der Waals surface area contributed by atoms with E-state index in [0.29, 0.717) is 10.6 Å². The van der Waals surface area contributed by atoms with Gasteiger partial charge in [0.05, 0.1) is 5.02 Å². The number of nitrogen functional groups attached to an aromatic ring is 1. The molecule has 1 aromatic heterocycles. The maximum absolute atomic E-state index is 7.51. The molecule has 1 aromatic rings. The highest BCUT2D eigenvalue weighted by atomic mass is 35.5. The number of pyridine rings is 1. The third kappa shape index (κ3) is 2.75. The second-order valence-electron chi connectivity index (χ2n) is 4.93. The first-order chi connectivity index (χ1) is 8.59. The largest absolute Gasteiger partial charge is 0.384 e. The first-order valence-corrected chi connectivity index (χ1v) is 6.71. The molecule has 1 aliphatic heterocycles. The number of hydrogen-bond acceptors (Lipinski definition) is 3. The van der Waals surface area contributed by atoms with Crippen molar-refractivity contribution in [1.82, 2.24) is 4.98 Å². The van der Waals surface area contributed by atoms with Crippen LogP contribution >= 0.6 is 11.6 Å². The van der Waals surface area contributed by atoms with Crippen molar-refractivity contribution in [1.29, 1.82) is 5.41 Å². The van der Waals surface area contributed by atoms with Gasteiger partial charge in [0.25, 0.3) is 0 Å². The van der Waals surface area contributed by atoms with Crippen LogP contribution in [-0.2, 0) is 0 Å². The van der Waals surface area contributed by atoms with Crippen LogP contribution in [0.25, 0.3) is 0 Å². The number of hydrogen-bond donors (Lipinski definition) is 2. The number of anilines is 1. The topological polar surface area (TPSA) is 66.0 Å². The van der Waals surface area contributed by atoms with Gasteiger partial charge < -0.3 is 10.6 Å². The van der Waals surface area contributed by atoms with E-state index in [0.717, 1.165) is 37.7 Å². The molecule has 3 N–H and O–H groups in total. The first-order valence-electron chi connectivity index (χ1n) is 6.33. The van der Waals surface area contributed by atoms with Crippen LogP contribution in [0.15, 0.2) is 12.3 Å². The standard InChI is InChI=1S/C13H19ClN4/c1-9-3-2-7-18(8-5-9)13-11(14)10(12(15)16)4-6-17-13/h4,6,9H,2-3,5,7-8H2,1H3,(H3,15,16). The highest BCUT2D eigenvalue weighted by Gasteiger charge is 2.19. The van der Waals surface area contributed by atoms with E-state index in [4.69, 9.17) is 22.7 Å². The average molecular weight is 267 g/mol. The second-order valence-corrected chi connectivity index (χ2v) is 5.31. The number of halogens is 1. The average Bonchev–Trinajstić information content (AvgIpc) is 2.54. The van der Waals surface area contributed by atoms with Crippen molar-refractivity contribution in [3.05, 3.63) is 22.8 Å². The molecule has 0 amide bonds. The van der Waals surface area contributed by atoms with E-state index >= 15 is 0 Å². The highest BCUT2D eigenvalue weighted by molar-refractivity contribution is 6.36. The Morgan fingerprint density at radius 2 is 2.28 bits per heavy atom. The van der Waals surface area contributed by atoms with Crippen LogP contribution in [0.2, 0.25) is 5.02 Å². The first kappa shape index (κ1) is 13.1. The van der Waals surface area contributed by atoms with Gasteiger partial charge in [0.1, 0.15) is 11.7 Å². The Morgan fingerprint density at radius 1 is 1.50 bits per heavy atom. The third-order valence-electron chi connectivity index (χ3n) is 3.48. The molecule has 4 nitrogen and oxygen atoms in total. The zero-order valence-corrected chi connectivity index (χ0v) is 11.4. The molecule has 1 saturated heterocycles. The van der Waals surface area contributed by atoms with Crippen LogP contribution in [0, 0.1) is 11.3 Å². The Kier molecular flexibility index (Phi) is 4.07. The Balaban J connectivity index is 2.27. The van der Waals surface area contributed by atoms with Crippen LogP contribution in [-0.4, -0.2) is 23.9 Å². The van der Waals surface area contributed by atoms with Crippen molar-refractivity contribution in [2.45, 2.75) is 26.2 Å². The lowest BCUT2D eigenvalue weighted by molar-refractivity contribution is 0.521. The molecule has 0 aliphatic carbocycles. The molecule has 1 atom stereocenters. The molecule has 0 saturated carbocycles. The van der Waals surface area contributed by atoms with Crippen LogP contribution in [0.3, 0.4) is 0 Å². The fraction of sp³-hybridized carbons (Fsp3) is 0.538. The third-order valence-corrected chi connectivity index (χ3v) is 3.85. The molecule has 98 valence electrons. The summed E-state index contributed by atoms with van der Waals surface area (Å²) >= 11 is 6.30. The molecule has 1 unspecified atom stereocenters. The Labute approximate surface area is 113 Å². The summed E-state index contributed by atoms with van der Waals surface area (Å²) in [5, 5.41) is 8.01.